The molecule has 0 radical (unpaired) electrons. The summed E-state index contributed by atoms with van der Waals surface area (Å²) >= 11 is 3.67. The van der Waals surface area contributed by atoms with Gasteiger partial charge in [0.25, 0.3) is 5.24 Å². The number of fused-ring (bicyclic) bond motifs is 1. The summed E-state index contributed by atoms with van der Waals surface area (Å²) in [5.41, 5.74) is 2.47. The Bertz CT molecular complexity index is 519. The lowest BCUT2D eigenvalue weighted by atomic mass is 10.1. The molecule has 84 valence electrons. The normalized spacial score (nSPS) is 10.6. The van der Waals surface area contributed by atoms with Crippen LogP contribution >= 0.6 is 12.6 Å². The van der Waals surface area contributed by atoms with Crippen molar-refractivity contribution >= 4 is 28.8 Å². The molecule has 0 saturated carbocycles. The van der Waals surface area contributed by atoms with E-state index in [-0.39, 0.29) is 5.24 Å². The van der Waals surface area contributed by atoms with Crippen LogP contribution in [0.4, 0.5) is 4.79 Å². The zero-order valence-electron chi connectivity index (χ0n) is 9.10. The topological polar surface area (TPSA) is 34.0 Å². The van der Waals surface area contributed by atoms with Crippen molar-refractivity contribution in [2.24, 2.45) is 7.05 Å². The van der Waals surface area contributed by atoms with Crippen molar-refractivity contribution < 1.29 is 4.79 Å². The Morgan fingerprint density at radius 2 is 2.19 bits per heavy atom. The molecule has 0 aliphatic rings. The second-order valence-corrected chi connectivity index (χ2v) is 4.17. The lowest BCUT2D eigenvalue weighted by Crippen LogP contribution is -2.19. The van der Waals surface area contributed by atoms with Crippen LogP contribution in [0.2, 0.25) is 0 Å². The fourth-order valence-electron chi connectivity index (χ4n) is 1.93. The number of thiol groups is 1. The number of nitrogens with one attached hydrogen (secondary N) is 1. The standard InChI is InChI=1S/C12H14N2OS/c1-14-8-9(6-7-13-12(15)16)10-4-2-3-5-11(10)14/h2-5,8H,6-7H2,1H3,(H2,13,15,16). The molecule has 1 amide bonds. The fourth-order valence-corrected chi connectivity index (χ4v) is 2.04. The van der Waals surface area contributed by atoms with E-state index in [1.165, 1.54) is 16.5 Å². The van der Waals surface area contributed by atoms with Crippen molar-refractivity contribution in [2.75, 3.05) is 6.54 Å². The number of hydrogen-bond acceptors (Lipinski definition) is 1. The van der Waals surface area contributed by atoms with E-state index in [4.69, 9.17) is 0 Å². The van der Waals surface area contributed by atoms with Crippen LogP contribution in [0, 0.1) is 0 Å². The quantitative estimate of drug-likeness (QED) is 0.785. The van der Waals surface area contributed by atoms with Crippen molar-refractivity contribution in [1.82, 2.24) is 9.88 Å². The first-order chi connectivity index (χ1) is 7.68. The number of nitrogens with zero attached hydrogens (tertiary/aromatic N) is 1. The van der Waals surface area contributed by atoms with Gasteiger partial charge in [0.15, 0.2) is 0 Å². The van der Waals surface area contributed by atoms with Gasteiger partial charge in [0.2, 0.25) is 0 Å². The predicted molar refractivity (Wildman–Crippen MR) is 69.0 cm³/mol. The molecule has 1 aromatic heterocycles. The van der Waals surface area contributed by atoms with Gasteiger partial charge in [0.1, 0.15) is 0 Å². The van der Waals surface area contributed by atoms with Crippen molar-refractivity contribution in [3.05, 3.63) is 36.0 Å². The highest BCUT2D eigenvalue weighted by molar-refractivity contribution is 7.96. The van der Waals surface area contributed by atoms with Crippen LogP contribution in [0.25, 0.3) is 10.9 Å². The number of aromatic nitrogens is 1. The van der Waals surface area contributed by atoms with E-state index in [1.54, 1.807) is 0 Å². The minimum atomic E-state index is -0.278. The SMILES string of the molecule is Cn1cc(CCNC(=O)S)c2ccccc21. The highest BCUT2D eigenvalue weighted by atomic mass is 32.1. The van der Waals surface area contributed by atoms with Crippen LogP contribution in [0.3, 0.4) is 0 Å². The highest BCUT2D eigenvalue weighted by Crippen LogP contribution is 2.20. The molecule has 16 heavy (non-hydrogen) atoms. The van der Waals surface area contributed by atoms with E-state index >= 15 is 0 Å². The molecule has 0 atom stereocenters. The monoisotopic (exact) mass is 234 g/mol. The first-order valence-corrected chi connectivity index (χ1v) is 5.63. The molecule has 1 N–H and O–H groups in total. The van der Waals surface area contributed by atoms with E-state index in [2.05, 4.69) is 40.8 Å². The number of amides is 1. The number of hydrogen-bond donors (Lipinski definition) is 2. The molecule has 4 heteroatoms. The minimum absolute atomic E-state index is 0.278. The molecule has 0 fully saturated rings. The first kappa shape index (κ1) is 11.1. The molecule has 1 heterocycles. The summed E-state index contributed by atoms with van der Waals surface area (Å²) in [4.78, 5) is 10.7. The van der Waals surface area contributed by atoms with Gasteiger partial charge in [-0.3, -0.25) is 4.79 Å². The van der Waals surface area contributed by atoms with E-state index in [0.29, 0.717) is 6.54 Å². The van der Waals surface area contributed by atoms with Gasteiger partial charge in [-0.25, -0.2) is 0 Å². The summed E-state index contributed by atoms with van der Waals surface area (Å²) in [5, 5.41) is 3.65. The molecule has 3 nitrogen and oxygen atoms in total. The van der Waals surface area contributed by atoms with Crippen LogP contribution in [-0.4, -0.2) is 16.4 Å². The maximum atomic E-state index is 10.7. The third-order valence-electron chi connectivity index (χ3n) is 2.65. The Morgan fingerprint density at radius 3 is 2.94 bits per heavy atom. The van der Waals surface area contributed by atoms with E-state index in [0.717, 1.165) is 6.42 Å². The summed E-state index contributed by atoms with van der Waals surface area (Å²) in [6, 6.07) is 8.26. The Hall–Kier alpha value is -1.42. The number of aryl methyl sites for hydroxylation is 1. The van der Waals surface area contributed by atoms with Crippen LogP contribution in [0.1, 0.15) is 5.56 Å². The Kier molecular flexibility index (Phi) is 3.19. The predicted octanol–water partition coefficient (Wildman–Crippen LogP) is 2.36. The van der Waals surface area contributed by atoms with Crippen LogP contribution in [0.5, 0.6) is 0 Å². The number of carbonyl (C=O) groups excluding carboxylic acids is 1. The van der Waals surface area contributed by atoms with Gasteiger partial charge in [0.05, 0.1) is 0 Å². The molecule has 0 aliphatic heterocycles. The third-order valence-corrected chi connectivity index (χ3v) is 2.81. The minimum Gasteiger partial charge on any atom is -0.350 e. The lowest BCUT2D eigenvalue weighted by Gasteiger charge is -2.00. The smallest absolute Gasteiger partial charge is 0.275 e. The average Bonchev–Trinajstić information content (AvgIpc) is 2.57. The van der Waals surface area contributed by atoms with Crippen molar-refractivity contribution in [3.8, 4) is 0 Å². The number of benzene rings is 1. The largest absolute Gasteiger partial charge is 0.350 e. The molecule has 0 aliphatic carbocycles. The van der Waals surface area contributed by atoms with Crippen molar-refractivity contribution in [2.45, 2.75) is 6.42 Å². The molecule has 0 saturated heterocycles. The maximum Gasteiger partial charge on any atom is 0.275 e. The van der Waals surface area contributed by atoms with Gasteiger partial charge in [-0.15, -0.1) is 0 Å². The summed E-state index contributed by atoms with van der Waals surface area (Å²) in [7, 11) is 2.03. The first-order valence-electron chi connectivity index (χ1n) is 5.18. The molecule has 1 aromatic carbocycles. The molecule has 2 aromatic rings. The molecule has 0 bridgehead atoms. The fraction of sp³-hybridized carbons (Fsp3) is 0.250. The second-order valence-electron chi connectivity index (χ2n) is 3.76. The number of rotatable bonds is 3. The molecule has 2 rings (SSSR count). The molecular formula is C12H14N2OS. The van der Waals surface area contributed by atoms with Crippen LogP contribution < -0.4 is 5.32 Å². The van der Waals surface area contributed by atoms with E-state index < -0.39 is 0 Å². The summed E-state index contributed by atoms with van der Waals surface area (Å²) in [6.45, 7) is 0.621. The lowest BCUT2D eigenvalue weighted by molar-refractivity contribution is 0.261. The van der Waals surface area contributed by atoms with Crippen LogP contribution in [0.15, 0.2) is 30.5 Å². The van der Waals surface area contributed by atoms with Gasteiger partial charge in [0, 0.05) is 30.7 Å². The Morgan fingerprint density at radius 1 is 1.44 bits per heavy atom. The van der Waals surface area contributed by atoms with Crippen LogP contribution in [-0.2, 0) is 13.5 Å². The van der Waals surface area contributed by atoms with Crippen molar-refractivity contribution in [1.29, 1.82) is 0 Å². The molecular weight excluding hydrogens is 220 g/mol. The second kappa shape index (κ2) is 4.61. The van der Waals surface area contributed by atoms with E-state index in [9.17, 15) is 4.79 Å². The maximum absolute atomic E-state index is 10.7. The Balaban J connectivity index is 2.21. The number of para-hydroxylation sites is 1. The third kappa shape index (κ3) is 2.22. The zero-order valence-corrected chi connectivity index (χ0v) is 10.00. The summed E-state index contributed by atoms with van der Waals surface area (Å²) in [5.74, 6) is 0. The molecule has 0 unspecified atom stereocenters. The average molecular weight is 234 g/mol. The van der Waals surface area contributed by atoms with Gasteiger partial charge in [-0.1, -0.05) is 30.8 Å². The van der Waals surface area contributed by atoms with Gasteiger partial charge < -0.3 is 9.88 Å². The zero-order chi connectivity index (χ0) is 11.5. The molecule has 0 spiro atoms. The van der Waals surface area contributed by atoms with Gasteiger partial charge in [-0.2, -0.15) is 0 Å². The summed E-state index contributed by atoms with van der Waals surface area (Å²) in [6.07, 6.45) is 2.93. The Labute approximate surface area is 99.9 Å². The number of carbonyl (C=O) groups is 1. The highest BCUT2D eigenvalue weighted by Gasteiger charge is 2.05. The van der Waals surface area contributed by atoms with Crippen molar-refractivity contribution in [3.63, 3.8) is 0 Å². The van der Waals surface area contributed by atoms with Gasteiger partial charge in [-0.05, 0) is 18.1 Å². The summed E-state index contributed by atoms with van der Waals surface area (Å²) < 4.78 is 2.10. The van der Waals surface area contributed by atoms with E-state index in [1.807, 2.05) is 19.2 Å². The van der Waals surface area contributed by atoms with Gasteiger partial charge >= 0.3 is 0 Å².